The van der Waals surface area contributed by atoms with Crippen LogP contribution in [0.4, 0.5) is 4.39 Å². The molecule has 0 aromatic heterocycles. The van der Waals surface area contributed by atoms with E-state index >= 15 is 0 Å². The predicted molar refractivity (Wildman–Crippen MR) is 106 cm³/mol. The van der Waals surface area contributed by atoms with Gasteiger partial charge in [-0.2, -0.15) is 4.39 Å². The predicted octanol–water partition coefficient (Wildman–Crippen LogP) is 5.85. The first kappa shape index (κ1) is 19.8. The number of carboxylic acids is 1. The van der Waals surface area contributed by atoms with E-state index in [9.17, 15) is 19.1 Å². The molecule has 3 saturated carbocycles. The molecule has 28 heavy (non-hydrogen) atoms. The number of hydrogen-bond donors (Lipinski definition) is 1. The van der Waals surface area contributed by atoms with E-state index in [1.807, 2.05) is 6.08 Å². The molecule has 1 N–H and O–H groups in total. The summed E-state index contributed by atoms with van der Waals surface area (Å²) in [5.41, 5.74) is 1.68. The van der Waals surface area contributed by atoms with Crippen molar-refractivity contribution in [2.24, 2.45) is 34.5 Å². The second kappa shape index (κ2) is 6.81. The third-order valence-electron chi connectivity index (χ3n) is 9.03. The van der Waals surface area contributed by atoms with Crippen molar-refractivity contribution < 1.29 is 19.1 Å². The fourth-order valence-electron chi connectivity index (χ4n) is 7.67. The molecule has 6 atom stereocenters. The van der Waals surface area contributed by atoms with Gasteiger partial charge in [0.2, 0.25) is 5.83 Å². The maximum Gasteiger partial charge on any atom is 0.364 e. The molecule has 4 aliphatic rings. The van der Waals surface area contributed by atoms with Gasteiger partial charge < -0.3 is 5.11 Å². The van der Waals surface area contributed by atoms with Crippen LogP contribution in [0.5, 0.6) is 0 Å². The van der Waals surface area contributed by atoms with Gasteiger partial charge >= 0.3 is 5.97 Å². The lowest BCUT2D eigenvalue weighted by atomic mass is 9.44. The van der Waals surface area contributed by atoms with Crippen molar-refractivity contribution in [2.75, 3.05) is 0 Å². The van der Waals surface area contributed by atoms with Crippen molar-refractivity contribution in [3.05, 3.63) is 23.0 Å². The Bertz CT molecular complexity index is 766. The van der Waals surface area contributed by atoms with E-state index in [1.54, 1.807) is 0 Å². The van der Waals surface area contributed by atoms with Crippen LogP contribution >= 0.6 is 0 Å². The van der Waals surface area contributed by atoms with E-state index in [4.69, 9.17) is 0 Å². The summed E-state index contributed by atoms with van der Waals surface area (Å²) in [6, 6.07) is 0. The maximum atomic E-state index is 14.5. The Balaban J connectivity index is 1.76. The Morgan fingerprint density at radius 3 is 2.57 bits per heavy atom. The number of carboxylic acid groups (broad SMARTS) is 1. The Hall–Kier alpha value is -1.45. The number of hydrogen-bond acceptors (Lipinski definition) is 2. The summed E-state index contributed by atoms with van der Waals surface area (Å²) < 4.78 is 14.5. The molecule has 0 spiro atoms. The minimum Gasteiger partial charge on any atom is -0.476 e. The zero-order valence-corrected chi connectivity index (χ0v) is 17.4. The second-order valence-electron chi connectivity index (χ2n) is 10.2. The first-order valence-electron chi connectivity index (χ1n) is 11.1. The van der Waals surface area contributed by atoms with E-state index < -0.39 is 11.8 Å². The Labute approximate surface area is 167 Å². The lowest BCUT2D eigenvalue weighted by Gasteiger charge is -2.60. The Morgan fingerprint density at radius 1 is 1.18 bits per heavy atom. The lowest BCUT2D eigenvalue weighted by Crippen LogP contribution is -2.53. The lowest BCUT2D eigenvalue weighted by molar-refractivity contribution is -0.134. The largest absolute Gasteiger partial charge is 0.476 e. The molecule has 0 unspecified atom stereocenters. The van der Waals surface area contributed by atoms with Gasteiger partial charge in [-0.3, -0.25) is 4.79 Å². The van der Waals surface area contributed by atoms with Crippen LogP contribution < -0.4 is 0 Å². The molecule has 4 aliphatic carbocycles. The number of aliphatic carboxylic acids is 1. The molecule has 4 heteroatoms. The minimum atomic E-state index is -1.41. The normalized spacial score (nSPS) is 44.3. The molecular formula is C24H33FO3. The average Bonchev–Trinajstić information content (AvgIpc) is 2.99. The SMILES string of the molecule is CCC[C@@H]1CC2=CC(=O)CC[C@]2(C)[C@H]2CC[C@]3(C)C(=C(F)C(=O)O)CC[C@H]3[C@H]12. The first-order chi connectivity index (χ1) is 13.2. The van der Waals surface area contributed by atoms with E-state index in [2.05, 4.69) is 20.8 Å². The van der Waals surface area contributed by atoms with Crippen LogP contribution in [0, 0.1) is 34.5 Å². The van der Waals surface area contributed by atoms with E-state index in [-0.39, 0.29) is 16.6 Å². The smallest absolute Gasteiger partial charge is 0.364 e. The fourth-order valence-corrected chi connectivity index (χ4v) is 7.67. The third-order valence-corrected chi connectivity index (χ3v) is 9.03. The molecule has 0 radical (unpaired) electrons. The molecular weight excluding hydrogens is 355 g/mol. The van der Waals surface area contributed by atoms with Crippen LogP contribution in [0.15, 0.2) is 23.0 Å². The summed E-state index contributed by atoms with van der Waals surface area (Å²) in [6.07, 6.45) is 10.1. The molecule has 154 valence electrons. The van der Waals surface area contributed by atoms with Crippen LogP contribution in [0.1, 0.15) is 78.6 Å². The Kier molecular flexibility index (Phi) is 4.83. The molecule has 3 fully saturated rings. The van der Waals surface area contributed by atoms with Crippen LogP contribution in [0.3, 0.4) is 0 Å². The number of ketones is 1. The highest BCUT2D eigenvalue weighted by Crippen LogP contribution is 2.68. The van der Waals surface area contributed by atoms with Crippen molar-refractivity contribution >= 4 is 11.8 Å². The molecule has 0 bridgehead atoms. The minimum absolute atomic E-state index is 0.0853. The van der Waals surface area contributed by atoms with E-state index in [0.717, 1.165) is 44.9 Å². The average molecular weight is 389 g/mol. The molecule has 4 rings (SSSR count). The maximum absolute atomic E-state index is 14.5. The van der Waals surface area contributed by atoms with Crippen LogP contribution in [0.2, 0.25) is 0 Å². The standard InChI is InChI=1S/C24H33FO3/c1-4-5-14-12-15-13-16(26)8-10-23(15,2)18-9-11-24(3)17(20(14)18)6-7-19(24)21(25)22(27)28/h13-14,17-18,20H,4-12H2,1-3H3,(H,27,28)/t14-,17+,18+,20+,23+,24+/m1/s1. The molecule has 0 aromatic carbocycles. The van der Waals surface area contributed by atoms with Crippen molar-refractivity contribution in [3.63, 3.8) is 0 Å². The van der Waals surface area contributed by atoms with Crippen molar-refractivity contribution in [2.45, 2.75) is 78.6 Å². The van der Waals surface area contributed by atoms with Crippen LogP contribution in [-0.2, 0) is 9.59 Å². The van der Waals surface area contributed by atoms with Gasteiger partial charge in [0.15, 0.2) is 5.78 Å². The van der Waals surface area contributed by atoms with E-state index in [0.29, 0.717) is 42.1 Å². The van der Waals surface area contributed by atoms with Crippen molar-refractivity contribution in [3.8, 4) is 0 Å². The summed E-state index contributed by atoms with van der Waals surface area (Å²) in [6.45, 7) is 6.70. The molecule has 0 aliphatic heterocycles. The topological polar surface area (TPSA) is 54.4 Å². The van der Waals surface area contributed by atoms with Gasteiger partial charge in [0.1, 0.15) is 0 Å². The number of carbonyl (C=O) groups is 2. The van der Waals surface area contributed by atoms with Crippen LogP contribution in [-0.4, -0.2) is 16.9 Å². The fraction of sp³-hybridized carbons (Fsp3) is 0.750. The van der Waals surface area contributed by atoms with Gasteiger partial charge in [0.05, 0.1) is 0 Å². The molecule has 0 heterocycles. The van der Waals surface area contributed by atoms with Crippen molar-refractivity contribution in [1.82, 2.24) is 0 Å². The third kappa shape index (κ3) is 2.74. The van der Waals surface area contributed by atoms with Crippen LogP contribution in [0.25, 0.3) is 0 Å². The molecule has 3 nitrogen and oxygen atoms in total. The molecule has 0 saturated heterocycles. The van der Waals surface area contributed by atoms with Gasteiger partial charge in [-0.15, -0.1) is 0 Å². The number of rotatable bonds is 3. The highest BCUT2D eigenvalue weighted by molar-refractivity contribution is 5.91. The van der Waals surface area contributed by atoms with Gasteiger partial charge in [-0.1, -0.05) is 39.2 Å². The number of fused-ring (bicyclic) bond motifs is 5. The summed E-state index contributed by atoms with van der Waals surface area (Å²) in [7, 11) is 0. The van der Waals surface area contributed by atoms with Gasteiger partial charge in [-0.05, 0) is 84.7 Å². The van der Waals surface area contributed by atoms with E-state index in [1.165, 1.54) is 5.57 Å². The van der Waals surface area contributed by atoms with Gasteiger partial charge in [0.25, 0.3) is 0 Å². The van der Waals surface area contributed by atoms with Gasteiger partial charge in [-0.25, -0.2) is 4.79 Å². The highest BCUT2D eigenvalue weighted by atomic mass is 19.1. The zero-order chi connectivity index (χ0) is 20.3. The quantitative estimate of drug-likeness (QED) is 0.617. The number of carbonyl (C=O) groups excluding carboxylic acids is 1. The molecule has 0 amide bonds. The van der Waals surface area contributed by atoms with Gasteiger partial charge in [0, 0.05) is 6.42 Å². The van der Waals surface area contributed by atoms with Crippen molar-refractivity contribution in [1.29, 1.82) is 0 Å². The molecule has 0 aromatic rings. The monoisotopic (exact) mass is 388 g/mol. The number of allylic oxidation sites excluding steroid dienone is 2. The second-order valence-corrected chi connectivity index (χ2v) is 10.2. The first-order valence-corrected chi connectivity index (χ1v) is 11.1. The zero-order valence-electron chi connectivity index (χ0n) is 17.4. The summed E-state index contributed by atoms with van der Waals surface area (Å²) in [5.74, 6) is -0.111. The summed E-state index contributed by atoms with van der Waals surface area (Å²) >= 11 is 0. The Morgan fingerprint density at radius 2 is 1.89 bits per heavy atom. The highest BCUT2D eigenvalue weighted by Gasteiger charge is 2.60. The summed E-state index contributed by atoms with van der Waals surface area (Å²) in [5, 5.41) is 9.26. The number of halogens is 1. The summed E-state index contributed by atoms with van der Waals surface area (Å²) in [4.78, 5) is 23.5.